The molecule has 1 aliphatic rings. The van der Waals surface area contributed by atoms with Crippen LogP contribution >= 0.6 is 23.1 Å². The quantitative estimate of drug-likeness (QED) is 0.730. The first-order chi connectivity index (χ1) is 13.1. The van der Waals surface area contributed by atoms with Crippen molar-refractivity contribution in [2.24, 2.45) is 0 Å². The van der Waals surface area contributed by atoms with Crippen LogP contribution in [0.4, 0.5) is 10.1 Å². The molecule has 1 aromatic carbocycles. The maximum absolute atomic E-state index is 12.9. The lowest BCUT2D eigenvalue weighted by Crippen LogP contribution is -3.15. The van der Waals surface area contributed by atoms with E-state index in [1.54, 1.807) is 35.2 Å². The second-order valence-corrected chi connectivity index (χ2v) is 8.45. The highest BCUT2D eigenvalue weighted by Gasteiger charge is 2.25. The van der Waals surface area contributed by atoms with Gasteiger partial charge in [-0.25, -0.2) is 4.39 Å². The molecule has 0 spiro atoms. The summed E-state index contributed by atoms with van der Waals surface area (Å²) in [6.45, 7) is 3.23. The van der Waals surface area contributed by atoms with Crippen LogP contribution in [-0.2, 0) is 15.3 Å². The van der Waals surface area contributed by atoms with Gasteiger partial charge in [-0.1, -0.05) is 6.07 Å². The maximum atomic E-state index is 12.9. The first-order valence-corrected chi connectivity index (χ1v) is 10.9. The lowest BCUT2D eigenvalue weighted by Gasteiger charge is -2.31. The summed E-state index contributed by atoms with van der Waals surface area (Å²) in [5.74, 6) is 1.12. The molecule has 5 nitrogen and oxygen atoms in total. The van der Waals surface area contributed by atoms with Crippen LogP contribution in [0.25, 0.3) is 0 Å². The van der Waals surface area contributed by atoms with Crippen molar-refractivity contribution in [3.8, 4) is 0 Å². The van der Waals surface area contributed by atoms with Crippen LogP contribution in [0.5, 0.6) is 0 Å². The number of nitrogens with zero attached hydrogens (tertiary/aromatic N) is 1. The number of rotatable bonds is 7. The Morgan fingerprint density at radius 1 is 1.19 bits per heavy atom. The molecular weight excluding hydrogens is 385 g/mol. The molecule has 0 atom stereocenters. The molecule has 144 valence electrons. The molecule has 0 saturated carbocycles. The third-order valence-corrected chi connectivity index (χ3v) is 6.44. The molecule has 2 N–H and O–H groups in total. The van der Waals surface area contributed by atoms with Gasteiger partial charge in [0.05, 0.1) is 31.9 Å². The maximum Gasteiger partial charge on any atom is 0.279 e. The van der Waals surface area contributed by atoms with Gasteiger partial charge in [0.1, 0.15) is 5.82 Å². The van der Waals surface area contributed by atoms with Crippen molar-refractivity contribution < 1.29 is 18.9 Å². The zero-order valence-electron chi connectivity index (χ0n) is 14.9. The Bertz CT molecular complexity index is 745. The number of quaternary nitrogens is 1. The van der Waals surface area contributed by atoms with Crippen LogP contribution in [0.1, 0.15) is 4.88 Å². The average molecular weight is 409 g/mol. The van der Waals surface area contributed by atoms with E-state index in [1.165, 1.54) is 17.0 Å². The summed E-state index contributed by atoms with van der Waals surface area (Å²) >= 11 is 3.36. The van der Waals surface area contributed by atoms with Crippen molar-refractivity contribution in [2.75, 3.05) is 43.8 Å². The zero-order valence-corrected chi connectivity index (χ0v) is 16.6. The molecule has 1 fully saturated rings. The number of amides is 2. The van der Waals surface area contributed by atoms with E-state index < -0.39 is 0 Å². The zero-order chi connectivity index (χ0) is 19.1. The molecule has 1 aliphatic heterocycles. The van der Waals surface area contributed by atoms with Gasteiger partial charge in [0, 0.05) is 16.3 Å². The topological polar surface area (TPSA) is 53.9 Å². The highest BCUT2D eigenvalue weighted by atomic mass is 32.2. The molecule has 27 heavy (non-hydrogen) atoms. The SMILES string of the molecule is O=C(C[NH+]1CCN(C(=O)CSCc2cccs2)CC1)Nc1ccc(F)cc1. The molecule has 2 heterocycles. The predicted molar refractivity (Wildman–Crippen MR) is 108 cm³/mol. The number of nitrogens with one attached hydrogen (secondary N) is 2. The third-order valence-electron chi connectivity index (χ3n) is 4.41. The fourth-order valence-corrected chi connectivity index (χ4v) is 4.71. The van der Waals surface area contributed by atoms with Crippen LogP contribution in [-0.4, -0.2) is 55.2 Å². The van der Waals surface area contributed by atoms with Crippen molar-refractivity contribution >= 4 is 40.6 Å². The molecule has 0 radical (unpaired) electrons. The first-order valence-electron chi connectivity index (χ1n) is 8.87. The molecule has 3 rings (SSSR count). The van der Waals surface area contributed by atoms with E-state index in [4.69, 9.17) is 0 Å². The van der Waals surface area contributed by atoms with Crippen molar-refractivity contribution in [1.82, 2.24) is 4.90 Å². The van der Waals surface area contributed by atoms with E-state index in [0.717, 1.165) is 23.7 Å². The van der Waals surface area contributed by atoms with Gasteiger partial charge in [-0.2, -0.15) is 0 Å². The van der Waals surface area contributed by atoms with E-state index in [9.17, 15) is 14.0 Å². The number of carbonyl (C=O) groups excluding carboxylic acids is 2. The van der Waals surface area contributed by atoms with Crippen LogP contribution < -0.4 is 10.2 Å². The molecule has 0 bridgehead atoms. The summed E-state index contributed by atoms with van der Waals surface area (Å²) in [5.41, 5.74) is 0.595. The van der Waals surface area contributed by atoms with Crippen molar-refractivity contribution in [3.63, 3.8) is 0 Å². The Morgan fingerprint density at radius 2 is 1.93 bits per heavy atom. The lowest BCUT2D eigenvalue weighted by atomic mass is 10.3. The number of halogens is 1. The Hall–Kier alpha value is -1.90. The van der Waals surface area contributed by atoms with Gasteiger partial charge in [0.2, 0.25) is 5.91 Å². The van der Waals surface area contributed by atoms with E-state index >= 15 is 0 Å². The van der Waals surface area contributed by atoms with Crippen LogP contribution in [0, 0.1) is 5.82 Å². The van der Waals surface area contributed by atoms with Crippen LogP contribution in [0.3, 0.4) is 0 Å². The molecule has 1 aromatic heterocycles. The first kappa shape index (κ1) is 19.9. The summed E-state index contributed by atoms with van der Waals surface area (Å²) < 4.78 is 12.9. The highest BCUT2D eigenvalue weighted by molar-refractivity contribution is 7.99. The molecule has 2 aromatic rings. The summed E-state index contributed by atoms with van der Waals surface area (Å²) in [6, 6.07) is 9.85. The minimum absolute atomic E-state index is 0.0945. The van der Waals surface area contributed by atoms with Gasteiger partial charge in [-0.15, -0.1) is 23.1 Å². The Labute approximate surface area is 166 Å². The van der Waals surface area contributed by atoms with Crippen molar-refractivity contribution in [2.45, 2.75) is 5.75 Å². The summed E-state index contributed by atoms with van der Waals surface area (Å²) in [7, 11) is 0. The second-order valence-electron chi connectivity index (χ2n) is 6.43. The van der Waals surface area contributed by atoms with Crippen LogP contribution in [0.15, 0.2) is 41.8 Å². The number of carbonyl (C=O) groups is 2. The minimum Gasteiger partial charge on any atom is -0.331 e. The lowest BCUT2D eigenvalue weighted by molar-refractivity contribution is -0.895. The Morgan fingerprint density at radius 3 is 2.59 bits per heavy atom. The number of benzene rings is 1. The molecule has 0 aliphatic carbocycles. The van der Waals surface area contributed by atoms with Crippen LogP contribution in [0.2, 0.25) is 0 Å². The Kier molecular flexibility index (Phi) is 7.25. The van der Waals surface area contributed by atoms with E-state index in [0.29, 0.717) is 31.1 Å². The molecular formula is C19H23FN3O2S2+. The summed E-state index contributed by atoms with van der Waals surface area (Å²) in [5, 5.41) is 4.83. The van der Waals surface area contributed by atoms with Gasteiger partial charge in [0.25, 0.3) is 5.91 Å². The van der Waals surface area contributed by atoms with E-state index in [2.05, 4.69) is 11.4 Å². The van der Waals surface area contributed by atoms with E-state index in [1.807, 2.05) is 16.3 Å². The van der Waals surface area contributed by atoms with Crippen molar-refractivity contribution in [1.29, 1.82) is 0 Å². The van der Waals surface area contributed by atoms with Crippen molar-refractivity contribution in [3.05, 3.63) is 52.5 Å². The van der Waals surface area contributed by atoms with Gasteiger partial charge in [-0.05, 0) is 35.7 Å². The number of hydrogen-bond acceptors (Lipinski definition) is 4. The van der Waals surface area contributed by atoms with Gasteiger partial charge in [-0.3, -0.25) is 9.59 Å². The Balaban J connectivity index is 1.34. The monoisotopic (exact) mass is 408 g/mol. The third kappa shape index (κ3) is 6.34. The van der Waals surface area contributed by atoms with Gasteiger partial charge >= 0.3 is 0 Å². The number of piperazine rings is 1. The smallest absolute Gasteiger partial charge is 0.279 e. The normalized spacial score (nSPS) is 14.9. The number of thiophene rings is 1. The largest absolute Gasteiger partial charge is 0.331 e. The second kappa shape index (κ2) is 9.87. The fraction of sp³-hybridized carbons (Fsp3) is 0.368. The molecule has 2 amide bonds. The summed E-state index contributed by atoms with van der Waals surface area (Å²) in [4.78, 5) is 28.8. The summed E-state index contributed by atoms with van der Waals surface area (Å²) in [6.07, 6.45) is 0. The van der Waals surface area contributed by atoms with Gasteiger partial charge < -0.3 is 15.1 Å². The highest BCUT2D eigenvalue weighted by Crippen LogP contribution is 2.17. The fourth-order valence-electron chi connectivity index (χ4n) is 2.94. The van der Waals surface area contributed by atoms with E-state index in [-0.39, 0.29) is 17.6 Å². The molecule has 0 unspecified atom stereocenters. The predicted octanol–water partition coefficient (Wildman–Crippen LogP) is 1.49. The number of anilines is 1. The standard InChI is InChI=1S/C19H22FN3O2S2/c20-15-3-5-16(6-4-15)21-18(24)12-22-7-9-23(10-8-22)19(25)14-26-13-17-2-1-11-27-17/h1-6,11H,7-10,12-14H2,(H,21,24)/p+1. The molecule has 1 saturated heterocycles. The average Bonchev–Trinajstić information content (AvgIpc) is 3.17. The number of hydrogen-bond donors (Lipinski definition) is 2. The molecule has 8 heteroatoms. The van der Waals surface area contributed by atoms with Gasteiger partial charge in [0.15, 0.2) is 6.54 Å². The number of thioether (sulfide) groups is 1. The minimum atomic E-state index is -0.326.